The fourth-order valence-corrected chi connectivity index (χ4v) is 20.7. The molecule has 2 saturated heterocycles. The number of esters is 8. The van der Waals surface area contributed by atoms with Crippen molar-refractivity contribution >= 4 is 71.1 Å². The third-order valence-corrected chi connectivity index (χ3v) is 27.4. The number of hydrogen-bond donors (Lipinski definition) is 7. The summed E-state index contributed by atoms with van der Waals surface area (Å²) in [6, 6.07) is 46.3. The molecule has 2 aliphatic heterocycles. The quantitative estimate of drug-likeness (QED) is 0.0213. The van der Waals surface area contributed by atoms with E-state index in [0.717, 1.165) is 20.8 Å². The number of carbonyl (C=O) groups excluding carboxylic acids is 12. The largest absolute Gasteiger partial charge is 0.456 e. The Balaban J connectivity index is 0.000000213. The molecule has 6 aromatic rings. The molecule has 29 heteroatoms. The van der Waals surface area contributed by atoms with Gasteiger partial charge in [0.15, 0.2) is 47.2 Å². The highest BCUT2D eigenvalue weighted by Gasteiger charge is 2.81. The number of nitrogens with one attached hydrogen (secondary N) is 2. The molecule has 4 bridgehead atoms. The summed E-state index contributed by atoms with van der Waals surface area (Å²) < 4.78 is 61.1. The molecule has 2 unspecified atom stereocenters. The van der Waals surface area contributed by atoms with E-state index in [9.17, 15) is 73.5 Å². The van der Waals surface area contributed by atoms with Crippen LogP contribution < -0.4 is 10.6 Å². The highest BCUT2D eigenvalue weighted by molar-refractivity contribution is 5.99. The van der Waals surface area contributed by atoms with E-state index in [1.807, 2.05) is 6.92 Å². The van der Waals surface area contributed by atoms with Gasteiger partial charge in [0.25, 0.3) is 11.8 Å². The van der Waals surface area contributed by atoms with Crippen LogP contribution in [0.1, 0.15) is 180 Å². The Morgan fingerprint density at radius 1 is 0.427 bits per heavy atom. The summed E-state index contributed by atoms with van der Waals surface area (Å²) >= 11 is 0. The fourth-order valence-electron chi connectivity index (χ4n) is 20.7. The van der Waals surface area contributed by atoms with Crippen molar-refractivity contribution in [3.05, 3.63) is 238 Å². The van der Waals surface area contributed by atoms with Gasteiger partial charge in [0.1, 0.15) is 47.8 Å². The first-order chi connectivity index (χ1) is 58.5. The van der Waals surface area contributed by atoms with Crippen LogP contribution in [0.25, 0.3) is 0 Å². The lowest BCUT2D eigenvalue weighted by Crippen LogP contribution is -2.82. The van der Waals surface area contributed by atoms with Gasteiger partial charge in [-0.25, -0.2) is 19.2 Å². The second-order valence-electron chi connectivity index (χ2n) is 35.1. The number of aliphatic hydroxyl groups is 5. The van der Waals surface area contributed by atoms with Gasteiger partial charge in [0.05, 0.1) is 59.8 Å². The minimum atomic E-state index is -2.39. The molecule has 656 valence electrons. The number of ether oxygens (including phenoxy) is 10. The Labute approximate surface area is 716 Å². The molecule has 6 aliphatic carbocycles. The molecule has 6 aromatic carbocycles. The van der Waals surface area contributed by atoms with E-state index >= 15 is 9.59 Å². The fraction of sp³-hybridized carbons (Fsp3) is 0.453. The van der Waals surface area contributed by atoms with Gasteiger partial charge in [-0.2, -0.15) is 0 Å². The molecule has 6 fully saturated rings. The lowest BCUT2D eigenvalue weighted by atomic mass is 9.43. The summed E-state index contributed by atoms with van der Waals surface area (Å²) in [5, 5.41) is 68.5. The van der Waals surface area contributed by atoms with Gasteiger partial charge in [-0.3, -0.25) is 38.4 Å². The maximum absolute atomic E-state index is 15.6. The molecule has 22 atom stereocenters. The molecule has 14 rings (SSSR count). The average Bonchev–Trinajstić information content (AvgIpc) is 0.671. The minimum absolute atomic E-state index is 0.00289. The zero-order valence-electron chi connectivity index (χ0n) is 71.0. The zero-order valence-corrected chi connectivity index (χ0v) is 71.0. The number of benzene rings is 6. The van der Waals surface area contributed by atoms with E-state index in [1.165, 1.54) is 45.0 Å². The predicted octanol–water partition coefficient (Wildman–Crippen LogP) is 8.75. The van der Waals surface area contributed by atoms with Crippen molar-refractivity contribution in [1.82, 2.24) is 10.6 Å². The molecule has 0 spiro atoms. The van der Waals surface area contributed by atoms with Crippen LogP contribution in [0.5, 0.6) is 0 Å². The van der Waals surface area contributed by atoms with E-state index in [2.05, 4.69) is 10.6 Å². The summed E-state index contributed by atoms with van der Waals surface area (Å²) in [5.74, 6) is -13.4. The van der Waals surface area contributed by atoms with Gasteiger partial charge in [0.2, 0.25) is 0 Å². The minimum Gasteiger partial charge on any atom is -0.456 e. The molecule has 29 nitrogen and oxygen atoms in total. The van der Waals surface area contributed by atoms with Crippen LogP contribution in [-0.2, 0) is 85.7 Å². The normalized spacial score (nSPS) is 31.9. The maximum Gasteiger partial charge on any atom is 0.338 e. The third-order valence-electron chi connectivity index (χ3n) is 27.4. The van der Waals surface area contributed by atoms with Crippen LogP contribution in [0.15, 0.2) is 204 Å². The Morgan fingerprint density at radius 2 is 0.742 bits per heavy atom. The lowest BCUT2D eigenvalue weighted by molar-refractivity contribution is -0.346. The number of amides is 2. The second kappa shape index (κ2) is 34.6. The van der Waals surface area contributed by atoms with E-state index in [1.54, 1.807) is 199 Å². The monoisotopic (exact) mass is 1700 g/mol. The van der Waals surface area contributed by atoms with Gasteiger partial charge in [-0.05, 0) is 115 Å². The maximum atomic E-state index is 15.6. The first kappa shape index (κ1) is 90.3. The highest BCUT2D eigenvalue weighted by Crippen LogP contribution is 2.68. The molecule has 4 saturated carbocycles. The topological polar surface area (TPSA) is 422 Å². The summed E-state index contributed by atoms with van der Waals surface area (Å²) in [7, 11) is 0. The number of aliphatic hydroxyl groups excluding tert-OH is 3. The molecule has 0 radical (unpaired) electrons. The van der Waals surface area contributed by atoms with Gasteiger partial charge in [0, 0.05) is 74.3 Å². The first-order valence-corrected chi connectivity index (χ1v) is 41.3. The molecule has 124 heavy (non-hydrogen) atoms. The van der Waals surface area contributed by atoms with Crippen LogP contribution in [0.4, 0.5) is 0 Å². The van der Waals surface area contributed by atoms with Crippen molar-refractivity contribution in [1.29, 1.82) is 0 Å². The van der Waals surface area contributed by atoms with E-state index in [0.29, 0.717) is 11.1 Å². The van der Waals surface area contributed by atoms with Crippen molar-refractivity contribution in [2.24, 2.45) is 39.4 Å². The molecule has 0 aromatic heterocycles. The molecular weight excluding hydrogens is 1600 g/mol. The summed E-state index contributed by atoms with van der Waals surface area (Å²) in [5.41, 5.74) is -12.9. The molecule has 8 aliphatic rings. The van der Waals surface area contributed by atoms with Crippen LogP contribution in [-0.4, -0.2) is 199 Å². The van der Waals surface area contributed by atoms with Crippen molar-refractivity contribution in [2.75, 3.05) is 13.2 Å². The average molecular weight is 1710 g/mol. The van der Waals surface area contributed by atoms with Crippen LogP contribution >= 0.6 is 0 Å². The van der Waals surface area contributed by atoms with Crippen molar-refractivity contribution in [2.45, 2.75) is 217 Å². The van der Waals surface area contributed by atoms with E-state index in [-0.39, 0.29) is 70.6 Å². The standard InChI is InChI=1S/C48H53NO13.C47H51NO14/c1-26-23-34-47(25-58-34,62-29(4)51)39-41(61-43(55)32-21-15-10-16-22-32)48(57)24-33(27(2)35(45(48,5)6)38(59-28(3)50)40(53)46(26,39)7)60-44(56)37(52)36(30-17-11-8-12-18-30)49-42(54)31-19-13-9-14-20-31;1-25-31(60-43(56)36(52)35(28-16-10-7-11-17-28)48-41(54)29-18-12-8-13-19-29)23-47(57)40(61-42(55)30-20-14-9-15-21-30)38-45(6,32(51)22-33-46(38,24-58-33)62-27(3)50)39(53)37(59-26(2)49)34(25)44(47,4)5/h8-22,26,33-34,36-39,41,52,57H,23-25H2,1-7H3,(H,49,54);7-21,31-33,35-38,40,51-52,57H,22-24H2,1-6H3,(H,48,54)/t26-,33-,34+,36-,37+,38+,39?,41-,46+,47-,48+;31-,32-,33+,35+,36+,37+,38?,40-,45+,46-,47+/m00/s1. The molecular formula is C95H104N2O27. The Kier molecular flexibility index (Phi) is 25.2. The second-order valence-corrected chi connectivity index (χ2v) is 35.1. The van der Waals surface area contributed by atoms with Gasteiger partial charge >= 0.3 is 47.8 Å². The van der Waals surface area contributed by atoms with Crippen LogP contribution in [0, 0.1) is 39.4 Å². The van der Waals surface area contributed by atoms with Gasteiger partial charge in [-0.15, -0.1) is 0 Å². The number of Topliss-reactive ketones (excluding diaryl/α,β-unsaturated/α-hetero) is 2. The number of hydrogen-bond acceptors (Lipinski definition) is 27. The lowest BCUT2D eigenvalue weighted by Gasteiger charge is -2.68. The molecule has 2 amide bonds. The smallest absolute Gasteiger partial charge is 0.338 e. The Hall–Kier alpha value is -11.4. The van der Waals surface area contributed by atoms with Gasteiger partial charge in [-0.1, -0.05) is 175 Å². The predicted molar refractivity (Wildman–Crippen MR) is 439 cm³/mol. The zero-order chi connectivity index (χ0) is 89.9. The SMILES string of the molecule is CC(=O)O[C@H]1C(=O)[C@@]2(C)C([C@H](OC(=O)c3ccccc3)[C@]3(O)C[C@H](OC(=O)[C@H](O)[C@@H](NC(=O)c4ccccc4)c4ccccc4)C(C)=C1C3(C)C)[C@]1(OC(C)=O)CO[C@@H]1C[C@@H]2C.CC(=O)O[C@H]1C(=O)[C@@]2(C)C([C@H](OC(=O)c3ccccc3)[C@]3(O)C[C@H](OC(=O)[C@H](O)[C@H](NC(=O)c4ccccc4)c4ccccc4)C(C)=C1C3(C)C)[C@]1(OC(C)=O)CO[C@@H]1C[C@@H]2O. The van der Waals surface area contributed by atoms with Gasteiger partial charge < -0.3 is 83.5 Å². The third kappa shape index (κ3) is 15.7. The van der Waals surface area contributed by atoms with Crippen molar-refractivity contribution < 1.29 is 130 Å². The number of rotatable bonds is 20. The van der Waals surface area contributed by atoms with E-state index < -0.39 is 225 Å². The van der Waals surface area contributed by atoms with Crippen LogP contribution in [0.3, 0.4) is 0 Å². The number of carbonyl (C=O) groups is 12. The van der Waals surface area contributed by atoms with Crippen LogP contribution in [0.2, 0.25) is 0 Å². The number of ketones is 2. The van der Waals surface area contributed by atoms with E-state index in [4.69, 9.17) is 47.4 Å². The van der Waals surface area contributed by atoms with Crippen molar-refractivity contribution in [3.8, 4) is 0 Å². The summed E-state index contributed by atoms with van der Waals surface area (Å²) in [6.45, 7) is 18.4. The highest BCUT2D eigenvalue weighted by atomic mass is 16.7. The Bertz CT molecular complexity index is 4880. The summed E-state index contributed by atoms with van der Waals surface area (Å²) in [6.07, 6.45) is -18.3. The van der Waals surface area contributed by atoms with Crippen molar-refractivity contribution in [3.63, 3.8) is 0 Å². The Morgan fingerprint density at radius 3 is 1.06 bits per heavy atom. The first-order valence-electron chi connectivity index (χ1n) is 41.3. The number of fused-ring (bicyclic) bond motifs is 10. The molecule has 2 heterocycles. The summed E-state index contributed by atoms with van der Waals surface area (Å²) in [4.78, 5) is 167. The molecule has 7 N–H and O–H groups in total.